The van der Waals surface area contributed by atoms with E-state index in [9.17, 15) is 19.5 Å². The number of anilines is 1. The summed E-state index contributed by atoms with van der Waals surface area (Å²) in [7, 11) is 0. The molecule has 0 bridgehead atoms. The van der Waals surface area contributed by atoms with Crippen LogP contribution in [-0.4, -0.2) is 69.2 Å². The molecule has 3 rings (SSSR count). The van der Waals surface area contributed by atoms with Crippen molar-refractivity contribution in [1.29, 1.82) is 0 Å². The number of nitrogens with two attached hydrogens (primary N) is 1. The monoisotopic (exact) mass is 666 g/mol. The van der Waals surface area contributed by atoms with Crippen molar-refractivity contribution in [3.63, 3.8) is 0 Å². The number of amides is 1. The van der Waals surface area contributed by atoms with E-state index < -0.39 is 41.0 Å². The number of aliphatic imine (C=N–C) groups is 1. The first kappa shape index (κ1) is 38.8. The summed E-state index contributed by atoms with van der Waals surface area (Å²) in [6.45, 7) is 18.1. The van der Waals surface area contributed by atoms with E-state index in [-0.39, 0.29) is 42.2 Å². The maximum absolute atomic E-state index is 13.6. The largest absolute Gasteiger partial charge is 0.459 e. The van der Waals surface area contributed by atoms with Gasteiger partial charge in [-0.15, -0.1) is 0 Å². The minimum atomic E-state index is -1.55. The lowest BCUT2D eigenvalue weighted by Gasteiger charge is -2.42. The zero-order valence-electron chi connectivity index (χ0n) is 30.2. The van der Waals surface area contributed by atoms with Gasteiger partial charge in [-0.25, -0.2) is 9.98 Å². The smallest absolute Gasteiger partial charge is 0.316 e. The van der Waals surface area contributed by atoms with Gasteiger partial charge in [0.15, 0.2) is 6.61 Å². The number of ether oxygens (including phenoxy) is 2. The highest BCUT2D eigenvalue weighted by Gasteiger charge is 2.58. The number of cyclic esters (lactones) is 1. The Morgan fingerprint density at radius 1 is 1.21 bits per heavy atom. The number of carbonyl (C=O) groups is 3. The number of fused-ring (bicyclic) bond motifs is 1. The van der Waals surface area contributed by atoms with E-state index in [0.717, 1.165) is 0 Å². The number of hydrogen-bond acceptors (Lipinski definition) is 10. The second-order valence-corrected chi connectivity index (χ2v) is 14.1. The number of Topliss-reactive ketones (excluding diaryl/α,β-unsaturated/α-hetero) is 1. The van der Waals surface area contributed by atoms with Crippen molar-refractivity contribution in [2.75, 3.05) is 12.3 Å². The molecule has 1 aromatic rings. The molecule has 0 spiro atoms. The number of esters is 1. The van der Waals surface area contributed by atoms with Crippen LogP contribution in [-0.2, 0) is 28.7 Å². The number of nitrogen functional groups attached to an aromatic ring is 1. The van der Waals surface area contributed by atoms with Crippen LogP contribution in [0.4, 0.5) is 5.82 Å². The van der Waals surface area contributed by atoms with E-state index in [1.165, 1.54) is 6.92 Å². The van der Waals surface area contributed by atoms with E-state index in [2.05, 4.69) is 27.0 Å². The second-order valence-electron chi connectivity index (χ2n) is 14.1. The minimum Gasteiger partial charge on any atom is -0.459 e. The number of ketones is 1. The molecule has 2 saturated heterocycles. The Hall–Kier alpha value is -3.62. The summed E-state index contributed by atoms with van der Waals surface area (Å²) in [4.78, 5) is 53.4. The van der Waals surface area contributed by atoms with Crippen molar-refractivity contribution < 1.29 is 33.8 Å². The second kappa shape index (κ2) is 16.2. The van der Waals surface area contributed by atoms with Crippen molar-refractivity contribution in [1.82, 2.24) is 4.98 Å². The predicted octanol–water partition coefficient (Wildman–Crippen LogP) is 5.18. The fourth-order valence-corrected chi connectivity index (χ4v) is 6.99. The Labute approximate surface area is 285 Å². The number of aliphatic hydroxyl groups is 1. The van der Waals surface area contributed by atoms with Crippen molar-refractivity contribution >= 4 is 34.9 Å². The van der Waals surface area contributed by atoms with Gasteiger partial charge in [-0.05, 0) is 75.8 Å². The molecule has 9 atom stereocenters. The molecule has 0 radical (unpaired) electrons. The Morgan fingerprint density at radius 3 is 2.50 bits per heavy atom. The van der Waals surface area contributed by atoms with Crippen molar-refractivity contribution in [3.05, 3.63) is 23.9 Å². The summed E-state index contributed by atoms with van der Waals surface area (Å²) < 4.78 is 12.2. The lowest BCUT2D eigenvalue weighted by atomic mass is 9.70. The van der Waals surface area contributed by atoms with Crippen LogP contribution in [0.1, 0.15) is 101 Å². The zero-order valence-corrected chi connectivity index (χ0v) is 30.2. The quantitative estimate of drug-likeness (QED) is 0.0792. The van der Waals surface area contributed by atoms with E-state index in [0.29, 0.717) is 48.6 Å². The molecule has 1 aromatic heterocycles. The third kappa shape index (κ3) is 9.29. The van der Waals surface area contributed by atoms with Gasteiger partial charge in [0.25, 0.3) is 0 Å². The van der Waals surface area contributed by atoms with E-state index >= 15 is 0 Å². The molecular formula is C37H54N4O7. The normalized spacial score (nSPS) is 33.4. The van der Waals surface area contributed by atoms with Gasteiger partial charge in [0, 0.05) is 30.9 Å². The molecule has 3 heterocycles. The highest BCUT2D eigenvalue weighted by molar-refractivity contribution is 6.00. The third-order valence-electron chi connectivity index (χ3n) is 10.3. The van der Waals surface area contributed by atoms with Crippen LogP contribution < -0.4 is 5.73 Å². The lowest BCUT2D eigenvalue weighted by molar-refractivity contribution is -0.178. The van der Waals surface area contributed by atoms with Crippen LogP contribution in [0, 0.1) is 47.3 Å². The Balaban J connectivity index is 2.04. The summed E-state index contributed by atoms with van der Waals surface area (Å²) >= 11 is 0. The van der Waals surface area contributed by atoms with Gasteiger partial charge in [-0.3, -0.25) is 14.4 Å². The standard InChI is InChI=1S/C37H54N4O7/c1-11-30-36(9,45)29(23(5)33(21(2)3)39-26(8)42)18-17-28(41-46-19-13-15-27-14-12-16-32(38)40-27)20-31-37(10,48-31)25(7)22(4)34(43)24(6)35(44)47-30/h12,14,16,21-25,29-31,45H,11,17-20H2,1-10H3,(H2,38,40)/b39-33?,41-28+/t22-,23-,24-,25-,29-,30-,31?,36+,37+/m1/s1. The maximum atomic E-state index is 13.6. The molecule has 1 amide bonds. The van der Waals surface area contributed by atoms with Crippen LogP contribution >= 0.6 is 0 Å². The summed E-state index contributed by atoms with van der Waals surface area (Å²) in [6, 6.07) is 5.21. The highest BCUT2D eigenvalue weighted by Crippen LogP contribution is 2.48. The SMILES string of the molecule is CC[C@H]1OC(=O)[C@H](C)C(=O)[C@H](C)[C@@H](C)[C@]2(C)OC2C/C(=N/OCC#Cc2cccc(N)n2)CC[C@H]([C@@H](C)C(=NC(C)=O)C(C)C)[C@]1(C)O. The number of hydrogen-bond donors (Lipinski definition) is 2. The van der Waals surface area contributed by atoms with Gasteiger partial charge in [0.05, 0.1) is 17.4 Å². The third-order valence-corrected chi connectivity index (χ3v) is 10.3. The molecule has 0 saturated carbocycles. The lowest BCUT2D eigenvalue weighted by Crippen LogP contribution is -2.52. The number of epoxide rings is 1. The van der Waals surface area contributed by atoms with Crippen molar-refractivity contribution in [2.24, 2.45) is 45.7 Å². The minimum absolute atomic E-state index is 0.0107. The molecule has 2 aliphatic rings. The molecule has 0 aromatic carbocycles. The van der Waals surface area contributed by atoms with Gasteiger partial charge in [-0.1, -0.05) is 58.7 Å². The number of aromatic nitrogens is 1. The molecule has 11 heteroatoms. The summed E-state index contributed by atoms with van der Waals surface area (Å²) in [5, 5.41) is 16.8. The average molecular weight is 667 g/mol. The Kier molecular flexibility index (Phi) is 13.1. The number of oxime groups is 1. The first-order valence-corrected chi connectivity index (χ1v) is 17.1. The zero-order chi connectivity index (χ0) is 36.0. The van der Waals surface area contributed by atoms with Gasteiger partial charge in [-0.2, -0.15) is 0 Å². The molecule has 264 valence electrons. The number of carbonyl (C=O) groups excluding carboxylic acids is 3. The van der Waals surface area contributed by atoms with Gasteiger partial charge in [0.2, 0.25) is 5.91 Å². The molecule has 1 unspecified atom stereocenters. The van der Waals surface area contributed by atoms with Gasteiger partial charge >= 0.3 is 5.97 Å². The predicted molar refractivity (Wildman–Crippen MR) is 185 cm³/mol. The summed E-state index contributed by atoms with van der Waals surface area (Å²) in [5.74, 6) is 2.31. The fourth-order valence-electron chi connectivity index (χ4n) is 6.99. The molecular weight excluding hydrogens is 612 g/mol. The van der Waals surface area contributed by atoms with E-state index in [1.807, 2.05) is 48.5 Å². The van der Waals surface area contributed by atoms with Crippen LogP contribution in [0.3, 0.4) is 0 Å². The number of pyridine rings is 1. The molecule has 11 nitrogen and oxygen atoms in total. The summed E-state index contributed by atoms with van der Waals surface area (Å²) in [5.41, 5.74) is 5.46. The first-order chi connectivity index (χ1) is 22.4. The summed E-state index contributed by atoms with van der Waals surface area (Å²) in [6.07, 6.45) is 0.435. The average Bonchev–Trinajstić information content (AvgIpc) is 3.69. The van der Waals surface area contributed by atoms with E-state index in [4.69, 9.17) is 20.0 Å². The molecule has 3 N–H and O–H groups in total. The van der Waals surface area contributed by atoms with Crippen LogP contribution in [0.25, 0.3) is 0 Å². The molecule has 0 aliphatic carbocycles. The van der Waals surface area contributed by atoms with Gasteiger partial charge in [0.1, 0.15) is 34.9 Å². The molecule has 2 fully saturated rings. The van der Waals surface area contributed by atoms with Crippen LogP contribution in [0.5, 0.6) is 0 Å². The van der Waals surface area contributed by atoms with Crippen molar-refractivity contribution in [2.45, 2.75) is 118 Å². The van der Waals surface area contributed by atoms with Crippen LogP contribution in [0.15, 0.2) is 28.3 Å². The fraction of sp³-hybridized carbons (Fsp3) is 0.676. The Morgan fingerprint density at radius 2 is 1.90 bits per heavy atom. The molecule has 48 heavy (non-hydrogen) atoms. The molecule has 2 aliphatic heterocycles. The van der Waals surface area contributed by atoms with Crippen molar-refractivity contribution in [3.8, 4) is 11.8 Å². The number of nitrogens with zero attached hydrogens (tertiary/aromatic N) is 3. The maximum Gasteiger partial charge on any atom is 0.316 e. The van der Waals surface area contributed by atoms with Gasteiger partial charge < -0.3 is 25.2 Å². The van der Waals surface area contributed by atoms with E-state index in [1.54, 1.807) is 32.0 Å². The highest BCUT2D eigenvalue weighted by atomic mass is 16.6. The Bertz CT molecular complexity index is 1460. The van der Waals surface area contributed by atoms with Crippen LogP contribution in [0.2, 0.25) is 0 Å². The number of rotatable bonds is 6. The first-order valence-electron chi connectivity index (χ1n) is 17.1. The topological polar surface area (TPSA) is 166 Å².